The van der Waals surface area contributed by atoms with Crippen LogP contribution in [0, 0.1) is 11.6 Å². The van der Waals surface area contributed by atoms with Crippen LogP contribution in [0.25, 0.3) is 0 Å². The molecule has 34 heavy (non-hydrogen) atoms. The van der Waals surface area contributed by atoms with Gasteiger partial charge in [0.25, 0.3) is 0 Å². The minimum absolute atomic E-state index is 0.0175. The number of benzene rings is 2. The summed E-state index contributed by atoms with van der Waals surface area (Å²) < 4.78 is 32.5. The first-order valence-corrected chi connectivity index (χ1v) is 12.1. The molecule has 0 bridgehead atoms. The van der Waals surface area contributed by atoms with Gasteiger partial charge in [0.2, 0.25) is 0 Å². The second-order valence-corrected chi connectivity index (χ2v) is 9.42. The van der Waals surface area contributed by atoms with E-state index >= 15 is 0 Å². The molecule has 2 heterocycles. The number of halogens is 3. The summed E-state index contributed by atoms with van der Waals surface area (Å²) in [5, 5.41) is 2.76. The standard InChI is InChI=1S/C25H31ClF2N4O2/c1-18(14-19-2-4-20(27)5-3-19)32-12-13-34-22(17-32)16-30-8-10-31(11-9-30)25(33)29-21-6-7-24(28)23(26)15-21/h2-7,15,18,22H,8-14,16-17H2,1H3,(H,29,33)/t18-,22-/m0/s1. The van der Waals surface area contributed by atoms with Crippen molar-refractivity contribution in [1.82, 2.24) is 14.7 Å². The Balaban J connectivity index is 1.21. The topological polar surface area (TPSA) is 48.1 Å². The Morgan fingerprint density at radius 1 is 1.12 bits per heavy atom. The fourth-order valence-corrected chi connectivity index (χ4v) is 4.72. The molecule has 1 N–H and O–H groups in total. The molecule has 0 aromatic heterocycles. The maximum Gasteiger partial charge on any atom is 0.321 e. The van der Waals surface area contributed by atoms with Crippen LogP contribution in [-0.4, -0.2) is 85.3 Å². The summed E-state index contributed by atoms with van der Waals surface area (Å²) in [6.07, 6.45) is 0.992. The Morgan fingerprint density at radius 2 is 1.85 bits per heavy atom. The smallest absolute Gasteiger partial charge is 0.321 e. The number of nitrogens with zero attached hydrogens (tertiary/aromatic N) is 3. The number of urea groups is 1. The van der Waals surface area contributed by atoms with Gasteiger partial charge in [0, 0.05) is 57.5 Å². The second-order valence-electron chi connectivity index (χ2n) is 9.01. The number of morpholine rings is 1. The number of piperazine rings is 1. The quantitative estimate of drug-likeness (QED) is 0.659. The molecule has 0 spiro atoms. The average molecular weight is 493 g/mol. The van der Waals surface area contributed by atoms with E-state index < -0.39 is 5.82 Å². The number of hydrogen-bond acceptors (Lipinski definition) is 4. The summed E-state index contributed by atoms with van der Waals surface area (Å²) >= 11 is 5.80. The summed E-state index contributed by atoms with van der Waals surface area (Å²) in [5.41, 5.74) is 1.61. The number of ether oxygens (including phenoxy) is 1. The van der Waals surface area contributed by atoms with Crippen LogP contribution in [0.2, 0.25) is 5.02 Å². The lowest BCUT2D eigenvalue weighted by Gasteiger charge is -2.41. The monoisotopic (exact) mass is 492 g/mol. The Hall–Kier alpha value is -2.26. The predicted octanol–water partition coefficient (Wildman–Crippen LogP) is 4.10. The number of amides is 2. The molecule has 2 atom stereocenters. The normalized spacial score (nSPS) is 20.8. The predicted molar refractivity (Wildman–Crippen MR) is 129 cm³/mol. The molecule has 6 nitrogen and oxygen atoms in total. The van der Waals surface area contributed by atoms with Crippen LogP contribution in [0.3, 0.4) is 0 Å². The first kappa shape index (κ1) is 24.9. The highest BCUT2D eigenvalue weighted by atomic mass is 35.5. The SMILES string of the molecule is C[C@@H](Cc1ccc(F)cc1)N1CCO[C@@H](CN2CCN(C(=O)Nc3ccc(F)c(Cl)c3)CC2)C1. The molecular weight excluding hydrogens is 462 g/mol. The molecule has 9 heteroatoms. The van der Waals surface area contributed by atoms with Gasteiger partial charge in [0.1, 0.15) is 11.6 Å². The largest absolute Gasteiger partial charge is 0.374 e. The van der Waals surface area contributed by atoms with Gasteiger partial charge in [0.15, 0.2) is 0 Å². The summed E-state index contributed by atoms with van der Waals surface area (Å²) in [5.74, 6) is -0.720. The number of carbonyl (C=O) groups excluding carboxylic acids is 1. The van der Waals surface area contributed by atoms with Gasteiger partial charge in [-0.05, 0) is 49.2 Å². The van der Waals surface area contributed by atoms with E-state index in [1.807, 2.05) is 12.1 Å². The lowest BCUT2D eigenvalue weighted by Crippen LogP contribution is -2.55. The minimum Gasteiger partial charge on any atom is -0.374 e. The van der Waals surface area contributed by atoms with Crippen LogP contribution in [0.4, 0.5) is 19.3 Å². The third-order valence-electron chi connectivity index (χ3n) is 6.53. The number of carbonyl (C=O) groups is 1. The van der Waals surface area contributed by atoms with Crippen molar-refractivity contribution in [3.8, 4) is 0 Å². The number of anilines is 1. The van der Waals surface area contributed by atoms with Gasteiger partial charge in [-0.25, -0.2) is 13.6 Å². The highest BCUT2D eigenvalue weighted by molar-refractivity contribution is 6.31. The van der Waals surface area contributed by atoms with Gasteiger partial charge < -0.3 is 15.0 Å². The van der Waals surface area contributed by atoms with Crippen molar-refractivity contribution >= 4 is 23.3 Å². The molecule has 2 aliphatic rings. The van der Waals surface area contributed by atoms with Crippen LogP contribution >= 0.6 is 11.6 Å². The van der Waals surface area contributed by atoms with E-state index in [1.54, 1.807) is 4.90 Å². The molecule has 0 unspecified atom stereocenters. The van der Waals surface area contributed by atoms with Crippen LogP contribution in [-0.2, 0) is 11.2 Å². The summed E-state index contributed by atoms with van der Waals surface area (Å²) in [6, 6.07) is 11.0. The van der Waals surface area contributed by atoms with Crippen LogP contribution < -0.4 is 5.32 Å². The van der Waals surface area contributed by atoms with Crippen LogP contribution in [0.5, 0.6) is 0 Å². The Morgan fingerprint density at radius 3 is 2.56 bits per heavy atom. The highest BCUT2D eigenvalue weighted by Crippen LogP contribution is 2.20. The number of nitrogens with one attached hydrogen (secondary N) is 1. The fraction of sp³-hybridized carbons (Fsp3) is 0.480. The van der Waals surface area contributed by atoms with Crippen molar-refractivity contribution in [2.45, 2.75) is 25.5 Å². The average Bonchev–Trinajstić information content (AvgIpc) is 2.83. The highest BCUT2D eigenvalue weighted by Gasteiger charge is 2.28. The van der Waals surface area contributed by atoms with Crippen molar-refractivity contribution < 1.29 is 18.3 Å². The van der Waals surface area contributed by atoms with E-state index in [1.165, 1.54) is 30.3 Å². The Bertz CT molecular complexity index is 970. The van der Waals surface area contributed by atoms with E-state index in [0.717, 1.165) is 44.7 Å². The number of rotatable bonds is 6. The van der Waals surface area contributed by atoms with Crippen molar-refractivity contribution in [3.05, 3.63) is 64.7 Å². The zero-order valence-corrected chi connectivity index (χ0v) is 20.1. The Labute approximate surface area is 204 Å². The molecule has 2 amide bonds. The van der Waals surface area contributed by atoms with Gasteiger partial charge in [0.05, 0.1) is 17.7 Å². The third kappa shape index (κ3) is 6.66. The van der Waals surface area contributed by atoms with E-state index in [2.05, 4.69) is 22.0 Å². The second kappa shape index (κ2) is 11.4. The Kier molecular flexibility index (Phi) is 8.37. The lowest BCUT2D eigenvalue weighted by molar-refractivity contribution is -0.0570. The molecular formula is C25H31ClF2N4O2. The van der Waals surface area contributed by atoms with Gasteiger partial charge in [-0.15, -0.1) is 0 Å². The van der Waals surface area contributed by atoms with E-state index in [9.17, 15) is 13.6 Å². The third-order valence-corrected chi connectivity index (χ3v) is 6.82. The van der Waals surface area contributed by atoms with Crippen molar-refractivity contribution in [1.29, 1.82) is 0 Å². The van der Waals surface area contributed by atoms with Gasteiger partial charge in [-0.1, -0.05) is 23.7 Å². The molecule has 2 fully saturated rings. The zero-order valence-electron chi connectivity index (χ0n) is 19.4. The molecule has 4 rings (SSSR count). The molecule has 0 radical (unpaired) electrons. The van der Waals surface area contributed by atoms with Gasteiger partial charge >= 0.3 is 6.03 Å². The summed E-state index contributed by atoms with van der Waals surface area (Å²) in [6.45, 7) is 8.22. The number of hydrogen-bond donors (Lipinski definition) is 1. The van der Waals surface area contributed by atoms with Crippen molar-refractivity contribution in [2.24, 2.45) is 0 Å². The molecule has 0 saturated carbocycles. The minimum atomic E-state index is -0.512. The van der Waals surface area contributed by atoms with E-state index in [-0.39, 0.29) is 23.0 Å². The van der Waals surface area contributed by atoms with E-state index in [4.69, 9.17) is 16.3 Å². The van der Waals surface area contributed by atoms with Crippen LogP contribution in [0.15, 0.2) is 42.5 Å². The molecule has 2 aromatic rings. The van der Waals surface area contributed by atoms with E-state index in [0.29, 0.717) is 31.4 Å². The summed E-state index contributed by atoms with van der Waals surface area (Å²) in [7, 11) is 0. The fourth-order valence-electron chi connectivity index (χ4n) is 4.54. The van der Waals surface area contributed by atoms with Crippen molar-refractivity contribution in [3.63, 3.8) is 0 Å². The summed E-state index contributed by atoms with van der Waals surface area (Å²) in [4.78, 5) is 19.1. The molecule has 0 aliphatic carbocycles. The van der Waals surface area contributed by atoms with Gasteiger partial charge in [-0.3, -0.25) is 9.80 Å². The molecule has 184 valence electrons. The maximum atomic E-state index is 13.3. The van der Waals surface area contributed by atoms with Crippen molar-refractivity contribution in [2.75, 3.05) is 57.7 Å². The first-order chi connectivity index (χ1) is 16.4. The molecule has 2 saturated heterocycles. The molecule has 2 aliphatic heterocycles. The van der Waals surface area contributed by atoms with Crippen LogP contribution in [0.1, 0.15) is 12.5 Å². The first-order valence-electron chi connectivity index (χ1n) is 11.7. The lowest BCUT2D eigenvalue weighted by atomic mass is 10.0. The molecule has 2 aromatic carbocycles. The zero-order chi connectivity index (χ0) is 24.1. The maximum absolute atomic E-state index is 13.3. The van der Waals surface area contributed by atoms with Gasteiger partial charge in [-0.2, -0.15) is 0 Å².